The average Bonchev–Trinajstić information content (AvgIpc) is 2.65. The number of rotatable bonds is 3. The third kappa shape index (κ3) is 2.40. The van der Waals surface area contributed by atoms with Gasteiger partial charge in [0.15, 0.2) is 0 Å². The zero-order chi connectivity index (χ0) is 11.5. The number of halogens is 1. The summed E-state index contributed by atoms with van der Waals surface area (Å²) in [5.74, 6) is -0.613. The van der Waals surface area contributed by atoms with Crippen molar-refractivity contribution in [2.45, 2.75) is 31.6 Å². The molecule has 0 spiro atoms. The van der Waals surface area contributed by atoms with E-state index in [9.17, 15) is 9.18 Å². The van der Waals surface area contributed by atoms with E-state index in [1.165, 1.54) is 12.1 Å². The molecule has 2 unspecified atom stereocenters. The highest BCUT2D eigenvalue weighted by molar-refractivity contribution is 5.67. The Hall–Kier alpha value is -1.38. The van der Waals surface area contributed by atoms with E-state index in [1.807, 2.05) is 6.07 Å². The van der Waals surface area contributed by atoms with Gasteiger partial charge in [0.1, 0.15) is 5.82 Å². The van der Waals surface area contributed by atoms with Gasteiger partial charge in [-0.1, -0.05) is 18.6 Å². The van der Waals surface area contributed by atoms with E-state index in [0.717, 1.165) is 24.8 Å². The van der Waals surface area contributed by atoms with Crippen LogP contribution in [0.2, 0.25) is 0 Å². The lowest BCUT2D eigenvalue weighted by Crippen LogP contribution is -2.11. The van der Waals surface area contributed by atoms with Gasteiger partial charge in [0, 0.05) is 6.42 Å². The predicted octanol–water partition coefficient (Wildman–Crippen LogP) is 3.18. The zero-order valence-electron chi connectivity index (χ0n) is 9.03. The maximum Gasteiger partial charge on any atom is 0.303 e. The standard InChI is InChI=1S/C13H15FO2/c14-11-5-1-3-9(7-11)12-6-2-4-10(12)8-13(15)16/h1,3,5,7,10,12H,2,4,6,8H2,(H,15,16). The maximum absolute atomic E-state index is 13.1. The molecule has 0 radical (unpaired) electrons. The lowest BCUT2D eigenvalue weighted by atomic mass is 9.87. The molecule has 1 aromatic rings. The fourth-order valence-corrected chi connectivity index (χ4v) is 2.68. The quantitative estimate of drug-likeness (QED) is 0.852. The largest absolute Gasteiger partial charge is 0.481 e. The Balaban J connectivity index is 2.16. The van der Waals surface area contributed by atoms with E-state index in [4.69, 9.17) is 5.11 Å². The van der Waals surface area contributed by atoms with Crippen molar-refractivity contribution < 1.29 is 14.3 Å². The van der Waals surface area contributed by atoms with Crippen LogP contribution in [0.4, 0.5) is 4.39 Å². The molecule has 16 heavy (non-hydrogen) atoms. The van der Waals surface area contributed by atoms with Gasteiger partial charge in [0.05, 0.1) is 0 Å². The molecule has 2 nitrogen and oxygen atoms in total. The van der Waals surface area contributed by atoms with Crippen molar-refractivity contribution in [2.75, 3.05) is 0 Å². The number of carboxylic acid groups (broad SMARTS) is 1. The summed E-state index contributed by atoms with van der Waals surface area (Å²) in [6.45, 7) is 0. The topological polar surface area (TPSA) is 37.3 Å². The minimum Gasteiger partial charge on any atom is -0.481 e. The number of carbonyl (C=O) groups is 1. The summed E-state index contributed by atoms with van der Waals surface area (Å²) in [5, 5.41) is 8.82. The Kier molecular flexibility index (Phi) is 3.22. The van der Waals surface area contributed by atoms with E-state index in [1.54, 1.807) is 6.07 Å². The first-order valence-electron chi connectivity index (χ1n) is 5.64. The van der Waals surface area contributed by atoms with Gasteiger partial charge < -0.3 is 5.11 Å². The number of hydrogen-bond donors (Lipinski definition) is 1. The minimum absolute atomic E-state index is 0.166. The van der Waals surface area contributed by atoms with Gasteiger partial charge in [-0.25, -0.2) is 4.39 Å². The molecule has 0 aromatic heterocycles. The SMILES string of the molecule is O=C(O)CC1CCCC1c1cccc(F)c1. The first kappa shape index (κ1) is 11.1. The van der Waals surface area contributed by atoms with Gasteiger partial charge in [-0.2, -0.15) is 0 Å². The second-order valence-electron chi connectivity index (χ2n) is 4.45. The van der Waals surface area contributed by atoms with Crippen LogP contribution in [-0.2, 0) is 4.79 Å². The summed E-state index contributed by atoms with van der Waals surface area (Å²) in [6.07, 6.45) is 3.15. The van der Waals surface area contributed by atoms with E-state index < -0.39 is 5.97 Å². The average molecular weight is 222 g/mol. The van der Waals surface area contributed by atoms with Crippen LogP contribution in [0.25, 0.3) is 0 Å². The van der Waals surface area contributed by atoms with Crippen LogP contribution in [0.15, 0.2) is 24.3 Å². The van der Waals surface area contributed by atoms with Crippen molar-refractivity contribution in [1.29, 1.82) is 0 Å². The third-order valence-electron chi connectivity index (χ3n) is 3.37. The van der Waals surface area contributed by atoms with E-state index in [2.05, 4.69) is 0 Å². The molecule has 0 saturated heterocycles. The van der Waals surface area contributed by atoms with Crippen molar-refractivity contribution in [3.8, 4) is 0 Å². The molecular weight excluding hydrogens is 207 g/mol. The summed E-state index contributed by atoms with van der Waals surface area (Å²) in [7, 11) is 0. The number of benzene rings is 1. The number of hydrogen-bond acceptors (Lipinski definition) is 1. The number of aliphatic carboxylic acids is 1. The van der Waals surface area contributed by atoms with Crippen LogP contribution < -0.4 is 0 Å². The molecule has 0 aliphatic heterocycles. The Morgan fingerprint density at radius 3 is 2.94 bits per heavy atom. The van der Waals surface area contributed by atoms with Crippen LogP contribution in [-0.4, -0.2) is 11.1 Å². The molecule has 2 rings (SSSR count). The molecule has 0 bridgehead atoms. The second kappa shape index (κ2) is 4.64. The van der Waals surface area contributed by atoms with E-state index >= 15 is 0 Å². The minimum atomic E-state index is -0.756. The van der Waals surface area contributed by atoms with Gasteiger partial charge in [-0.15, -0.1) is 0 Å². The highest BCUT2D eigenvalue weighted by Crippen LogP contribution is 2.41. The highest BCUT2D eigenvalue weighted by atomic mass is 19.1. The Labute approximate surface area is 94.1 Å². The zero-order valence-corrected chi connectivity index (χ0v) is 9.03. The third-order valence-corrected chi connectivity index (χ3v) is 3.37. The molecule has 1 aliphatic carbocycles. The first-order valence-corrected chi connectivity index (χ1v) is 5.64. The van der Waals surface area contributed by atoms with Crippen molar-refractivity contribution in [3.05, 3.63) is 35.6 Å². The van der Waals surface area contributed by atoms with Crippen molar-refractivity contribution in [3.63, 3.8) is 0 Å². The van der Waals surface area contributed by atoms with Crippen LogP contribution in [0.1, 0.15) is 37.2 Å². The van der Waals surface area contributed by atoms with Gasteiger partial charge in [0.25, 0.3) is 0 Å². The summed E-state index contributed by atoms with van der Waals surface area (Å²) < 4.78 is 13.1. The van der Waals surface area contributed by atoms with Crippen LogP contribution >= 0.6 is 0 Å². The molecule has 3 heteroatoms. The summed E-state index contributed by atoms with van der Waals surface area (Å²) >= 11 is 0. The molecule has 1 aliphatic rings. The molecule has 1 N–H and O–H groups in total. The summed E-state index contributed by atoms with van der Waals surface area (Å²) in [5.41, 5.74) is 0.948. The molecule has 86 valence electrons. The maximum atomic E-state index is 13.1. The van der Waals surface area contributed by atoms with Crippen molar-refractivity contribution in [2.24, 2.45) is 5.92 Å². The lowest BCUT2D eigenvalue weighted by Gasteiger charge is -2.18. The fourth-order valence-electron chi connectivity index (χ4n) is 2.68. The van der Waals surface area contributed by atoms with Crippen LogP contribution in [0.3, 0.4) is 0 Å². The molecular formula is C13H15FO2. The van der Waals surface area contributed by atoms with Gasteiger partial charge in [0.2, 0.25) is 0 Å². The van der Waals surface area contributed by atoms with Crippen molar-refractivity contribution >= 4 is 5.97 Å². The number of carboxylic acids is 1. The van der Waals surface area contributed by atoms with Gasteiger partial charge in [-0.3, -0.25) is 4.79 Å². The smallest absolute Gasteiger partial charge is 0.303 e. The monoisotopic (exact) mass is 222 g/mol. The molecule has 1 saturated carbocycles. The fraction of sp³-hybridized carbons (Fsp3) is 0.462. The molecule has 2 atom stereocenters. The Morgan fingerprint density at radius 2 is 2.25 bits per heavy atom. The van der Waals surface area contributed by atoms with Crippen LogP contribution in [0, 0.1) is 11.7 Å². The van der Waals surface area contributed by atoms with Crippen molar-refractivity contribution in [1.82, 2.24) is 0 Å². The molecule has 0 heterocycles. The van der Waals surface area contributed by atoms with Crippen LogP contribution in [0.5, 0.6) is 0 Å². The highest BCUT2D eigenvalue weighted by Gasteiger charge is 2.30. The predicted molar refractivity (Wildman–Crippen MR) is 58.7 cm³/mol. The summed E-state index contributed by atoms with van der Waals surface area (Å²) in [6, 6.07) is 6.55. The lowest BCUT2D eigenvalue weighted by molar-refractivity contribution is -0.138. The first-order chi connectivity index (χ1) is 7.66. The Bertz CT molecular complexity index is 389. The normalized spacial score (nSPS) is 24.6. The van der Waals surface area contributed by atoms with E-state index in [0.29, 0.717) is 0 Å². The van der Waals surface area contributed by atoms with Gasteiger partial charge >= 0.3 is 5.97 Å². The summed E-state index contributed by atoms with van der Waals surface area (Å²) in [4.78, 5) is 10.7. The van der Waals surface area contributed by atoms with Gasteiger partial charge in [-0.05, 0) is 42.4 Å². The molecule has 1 aromatic carbocycles. The molecule has 0 amide bonds. The second-order valence-corrected chi connectivity index (χ2v) is 4.45. The molecule has 1 fully saturated rings. The Morgan fingerprint density at radius 1 is 1.44 bits per heavy atom. The van der Waals surface area contributed by atoms with E-state index in [-0.39, 0.29) is 24.1 Å².